The van der Waals surface area contributed by atoms with Gasteiger partial charge in [0.05, 0.1) is 53.1 Å². The van der Waals surface area contributed by atoms with E-state index in [4.69, 9.17) is 45.7 Å². The fraction of sp³-hybridized carbons (Fsp3) is 0.500. The van der Waals surface area contributed by atoms with Gasteiger partial charge in [-0.2, -0.15) is 0 Å². The van der Waals surface area contributed by atoms with E-state index in [-0.39, 0.29) is 17.5 Å². The van der Waals surface area contributed by atoms with Gasteiger partial charge in [-0.3, -0.25) is 4.98 Å². The standard InChI is InChI=1S/C38H50ClFN6O5Si/c1-21-32(31-22(2)45-50-23(31)3)43-34(44-35(21)46-19-24-16-25(40)18-42-29(24)20-46)27-17-26(12-13-28(27)39)49-33(37(4,5)6)30(14-15-48-36(41)47)51-52(10,11)38(7,8)9/h12-13,16-18,30,33H,14-15,19-20H2,1-11H3,(H2,41,47)/t30-,33?/m1/s1. The first-order valence-corrected chi connectivity index (χ1v) is 20.7. The highest BCUT2D eigenvalue weighted by Gasteiger charge is 2.44. The molecule has 0 fully saturated rings. The van der Waals surface area contributed by atoms with E-state index < -0.39 is 32.0 Å². The van der Waals surface area contributed by atoms with Crippen molar-refractivity contribution in [1.29, 1.82) is 0 Å². The summed E-state index contributed by atoms with van der Waals surface area (Å²) in [5.74, 6) is 1.81. The summed E-state index contributed by atoms with van der Waals surface area (Å²) in [6.07, 6.45) is -0.103. The molecule has 14 heteroatoms. The fourth-order valence-corrected chi connectivity index (χ4v) is 7.74. The number of nitrogens with two attached hydrogens (primary N) is 1. The minimum atomic E-state index is -2.31. The van der Waals surface area contributed by atoms with Gasteiger partial charge in [0.25, 0.3) is 0 Å². The van der Waals surface area contributed by atoms with Crippen molar-refractivity contribution >= 4 is 31.8 Å². The second-order valence-corrected chi connectivity index (χ2v) is 21.2. The molecule has 0 saturated heterocycles. The average molecular weight is 753 g/mol. The molecule has 1 unspecified atom stereocenters. The van der Waals surface area contributed by atoms with Crippen molar-refractivity contribution in [2.45, 2.75) is 112 Å². The van der Waals surface area contributed by atoms with Crippen LogP contribution in [0.3, 0.4) is 0 Å². The molecule has 2 atom stereocenters. The van der Waals surface area contributed by atoms with Crippen molar-refractivity contribution in [3.8, 4) is 28.4 Å². The van der Waals surface area contributed by atoms with Gasteiger partial charge in [0.15, 0.2) is 14.1 Å². The van der Waals surface area contributed by atoms with Crippen LogP contribution in [0.15, 0.2) is 35.0 Å². The highest BCUT2D eigenvalue weighted by molar-refractivity contribution is 6.74. The Hall–Kier alpha value is -4.07. The molecular weight excluding hydrogens is 703 g/mol. The van der Waals surface area contributed by atoms with Crippen LogP contribution in [0.4, 0.5) is 15.0 Å². The van der Waals surface area contributed by atoms with E-state index in [1.165, 1.54) is 12.3 Å². The number of carbonyl (C=O) groups excluding carboxylic acids is 1. The molecular formula is C38H50ClFN6O5Si. The zero-order valence-corrected chi connectivity index (χ0v) is 33.7. The summed E-state index contributed by atoms with van der Waals surface area (Å²) in [5, 5.41) is 4.54. The molecule has 1 aliphatic rings. The Bertz CT molecular complexity index is 1940. The Morgan fingerprint density at radius 1 is 1.10 bits per heavy atom. The third-order valence-electron chi connectivity index (χ3n) is 9.95. The number of nitrogens with zero attached hydrogens (tertiary/aromatic N) is 5. The van der Waals surface area contributed by atoms with Crippen molar-refractivity contribution in [3.63, 3.8) is 0 Å². The molecule has 1 aromatic carbocycles. The first-order valence-electron chi connectivity index (χ1n) is 17.4. The highest BCUT2D eigenvalue weighted by atomic mass is 35.5. The van der Waals surface area contributed by atoms with Gasteiger partial charge in [-0.1, -0.05) is 58.3 Å². The number of hydrogen-bond acceptors (Lipinski definition) is 10. The van der Waals surface area contributed by atoms with Crippen LogP contribution in [0.2, 0.25) is 23.2 Å². The Balaban J connectivity index is 1.59. The van der Waals surface area contributed by atoms with Gasteiger partial charge in [0.1, 0.15) is 29.2 Å². The third-order valence-corrected chi connectivity index (χ3v) is 14.8. The van der Waals surface area contributed by atoms with E-state index in [2.05, 4.69) is 69.7 Å². The molecule has 0 saturated carbocycles. The second-order valence-electron chi connectivity index (χ2n) is 16.1. The predicted molar refractivity (Wildman–Crippen MR) is 202 cm³/mol. The number of halogens is 2. The van der Waals surface area contributed by atoms with Gasteiger partial charge < -0.3 is 29.1 Å². The molecule has 280 valence electrons. The van der Waals surface area contributed by atoms with Crippen molar-refractivity contribution in [2.24, 2.45) is 11.1 Å². The largest absolute Gasteiger partial charge is 0.487 e. The quantitative estimate of drug-likeness (QED) is 0.148. The van der Waals surface area contributed by atoms with E-state index in [0.717, 1.165) is 22.4 Å². The number of hydrogen-bond donors (Lipinski definition) is 1. The molecule has 5 rings (SSSR count). The number of pyridine rings is 1. The molecule has 52 heavy (non-hydrogen) atoms. The molecule has 11 nitrogen and oxygen atoms in total. The maximum Gasteiger partial charge on any atom is 0.404 e. The molecule has 4 heterocycles. The Morgan fingerprint density at radius 2 is 1.81 bits per heavy atom. The molecule has 0 spiro atoms. The zero-order chi connectivity index (χ0) is 38.3. The lowest BCUT2D eigenvalue weighted by Crippen LogP contribution is -2.52. The third kappa shape index (κ3) is 8.42. The Kier molecular flexibility index (Phi) is 11.1. The fourth-order valence-electron chi connectivity index (χ4n) is 6.19. The SMILES string of the molecule is Cc1noc(C)c1-c1nc(-c2cc(OC([C@@H](CCOC(N)=O)O[Si](C)(C)C(C)(C)C)C(C)(C)C)ccc2Cl)nc(N2Cc3cc(F)cnc3C2)c1C. The number of rotatable bonds is 11. The summed E-state index contributed by atoms with van der Waals surface area (Å²) >= 11 is 6.93. The number of aromatic nitrogens is 4. The molecule has 3 aromatic heterocycles. The molecule has 1 amide bonds. The van der Waals surface area contributed by atoms with E-state index in [1.807, 2.05) is 32.9 Å². The van der Waals surface area contributed by atoms with Crippen molar-refractivity contribution in [2.75, 3.05) is 11.5 Å². The van der Waals surface area contributed by atoms with Crippen LogP contribution in [0.1, 0.15) is 76.2 Å². The lowest BCUT2D eigenvalue weighted by atomic mass is 9.84. The predicted octanol–water partition coefficient (Wildman–Crippen LogP) is 9.10. The van der Waals surface area contributed by atoms with Gasteiger partial charge in [-0.15, -0.1) is 0 Å². The van der Waals surface area contributed by atoms with Crippen LogP contribution in [-0.4, -0.2) is 53.3 Å². The first kappa shape index (κ1) is 39.1. The maximum absolute atomic E-state index is 14.1. The lowest BCUT2D eigenvalue weighted by molar-refractivity contribution is -0.0302. The smallest absolute Gasteiger partial charge is 0.404 e. The number of benzene rings is 1. The molecule has 0 radical (unpaired) electrons. The molecule has 0 aliphatic carbocycles. The van der Waals surface area contributed by atoms with E-state index in [0.29, 0.717) is 64.6 Å². The molecule has 1 aliphatic heterocycles. The first-order chi connectivity index (χ1) is 24.2. The summed E-state index contributed by atoms with van der Waals surface area (Å²) in [6.45, 7) is 23.8. The number of anilines is 1. The van der Waals surface area contributed by atoms with Gasteiger partial charge in [-0.25, -0.2) is 19.2 Å². The second kappa shape index (κ2) is 14.7. The van der Waals surface area contributed by atoms with Crippen LogP contribution in [-0.2, 0) is 22.3 Å². The zero-order valence-electron chi connectivity index (χ0n) is 32.0. The van der Waals surface area contributed by atoms with Gasteiger partial charge >= 0.3 is 6.09 Å². The van der Waals surface area contributed by atoms with Crippen LogP contribution in [0.5, 0.6) is 5.75 Å². The molecule has 2 N–H and O–H groups in total. The van der Waals surface area contributed by atoms with Gasteiger partial charge in [0.2, 0.25) is 0 Å². The average Bonchev–Trinajstić information content (AvgIpc) is 3.60. The summed E-state index contributed by atoms with van der Waals surface area (Å²) in [7, 11) is -2.31. The summed E-state index contributed by atoms with van der Waals surface area (Å²) in [5.41, 5.74) is 9.98. The lowest BCUT2D eigenvalue weighted by Gasteiger charge is -2.44. The van der Waals surface area contributed by atoms with E-state index >= 15 is 0 Å². The summed E-state index contributed by atoms with van der Waals surface area (Å²) < 4.78 is 38.7. The van der Waals surface area contributed by atoms with Crippen molar-refractivity contribution in [3.05, 3.63) is 69.6 Å². The normalized spacial score (nSPS) is 14.7. The minimum absolute atomic E-state index is 0.0774. The monoisotopic (exact) mass is 752 g/mol. The van der Waals surface area contributed by atoms with Gasteiger partial charge in [0, 0.05) is 29.5 Å². The van der Waals surface area contributed by atoms with E-state index in [9.17, 15) is 9.18 Å². The van der Waals surface area contributed by atoms with Crippen molar-refractivity contribution in [1.82, 2.24) is 20.1 Å². The molecule has 0 bridgehead atoms. The number of amides is 1. The summed E-state index contributed by atoms with van der Waals surface area (Å²) in [6, 6.07) is 6.93. The van der Waals surface area contributed by atoms with E-state index in [1.54, 1.807) is 6.07 Å². The van der Waals surface area contributed by atoms with Crippen LogP contribution < -0.4 is 15.4 Å². The number of aryl methyl sites for hydroxylation is 2. The van der Waals surface area contributed by atoms with Gasteiger partial charge in [-0.05, 0) is 68.7 Å². The minimum Gasteiger partial charge on any atom is -0.487 e. The molecule has 4 aromatic rings. The topological polar surface area (TPSA) is 139 Å². The van der Waals surface area contributed by atoms with Crippen LogP contribution in [0, 0.1) is 32.0 Å². The maximum atomic E-state index is 14.1. The van der Waals surface area contributed by atoms with Crippen LogP contribution in [0.25, 0.3) is 22.6 Å². The van der Waals surface area contributed by atoms with Crippen LogP contribution >= 0.6 is 11.6 Å². The summed E-state index contributed by atoms with van der Waals surface area (Å²) in [4.78, 5) is 28.0. The Labute approximate surface area is 311 Å². The Morgan fingerprint density at radius 3 is 2.42 bits per heavy atom. The van der Waals surface area contributed by atoms with Crippen molar-refractivity contribution < 1.29 is 27.6 Å². The number of ether oxygens (including phenoxy) is 2. The number of primary amides is 1. The number of fused-ring (bicyclic) bond motifs is 1. The number of carbonyl (C=O) groups is 1. The highest BCUT2D eigenvalue weighted by Crippen LogP contribution is 2.42.